The predicted molar refractivity (Wildman–Crippen MR) is 106 cm³/mol. The molecule has 1 atom stereocenters. The number of thiazole rings is 1. The van der Waals surface area contributed by atoms with Crippen LogP contribution in [0.1, 0.15) is 18.2 Å². The van der Waals surface area contributed by atoms with Crippen LogP contribution in [-0.4, -0.2) is 21.8 Å². The Balaban J connectivity index is 1.60. The van der Waals surface area contributed by atoms with Crippen molar-refractivity contribution in [3.63, 3.8) is 0 Å². The van der Waals surface area contributed by atoms with E-state index in [1.54, 1.807) is 18.3 Å². The Morgan fingerprint density at radius 3 is 2.77 bits per heavy atom. The lowest BCUT2D eigenvalue weighted by atomic mass is 9.92. The molecule has 3 heterocycles. The van der Waals surface area contributed by atoms with Gasteiger partial charge in [0.1, 0.15) is 10.5 Å². The van der Waals surface area contributed by atoms with Crippen molar-refractivity contribution in [1.29, 1.82) is 0 Å². The van der Waals surface area contributed by atoms with Gasteiger partial charge in [0, 0.05) is 26.4 Å². The van der Waals surface area contributed by atoms with Crippen LogP contribution in [0.4, 0.5) is 4.79 Å². The van der Waals surface area contributed by atoms with E-state index in [4.69, 9.17) is 0 Å². The molecule has 3 aromatic rings. The quantitative estimate of drug-likeness (QED) is 0.594. The molecule has 0 spiro atoms. The van der Waals surface area contributed by atoms with Gasteiger partial charge in [0.25, 0.3) is 5.91 Å². The lowest BCUT2D eigenvalue weighted by molar-refractivity contribution is -0.131. The maximum absolute atomic E-state index is 13.0. The topological polar surface area (TPSA) is 62.3 Å². The highest BCUT2D eigenvalue weighted by molar-refractivity contribution is 9.10. The molecular weight excluding hydrogens is 434 g/mol. The summed E-state index contributed by atoms with van der Waals surface area (Å²) in [5, 5.41) is 9.63. The Morgan fingerprint density at radius 2 is 2.04 bits per heavy atom. The van der Waals surface area contributed by atoms with Gasteiger partial charge in [-0.1, -0.05) is 34.1 Å². The highest BCUT2D eigenvalue weighted by atomic mass is 79.9. The molecule has 26 heavy (non-hydrogen) atoms. The van der Waals surface area contributed by atoms with E-state index < -0.39 is 11.6 Å². The molecule has 4 rings (SSSR count). The zero-order chi connectivity index (χ0) is 18.3. The van der Waals surface area contributed by atoms with Gasteiger partial charge in [0.05, 0.1) is 12.2 Å². The number of urea groups is 1. The van der Waals surface area contributed by atoms with Crippen LogP contribution < -0.4 is 5.32 Å². The number of rotatable bonds is 4. The summed E-state index contributed by atoms with van der Waals surface area (Å²) in [5.74, 6) is -0.278. The molecule has 1 aliphatic heterocycles. The first-order valence-corrected chi connectivity index (χ1v) is 10.5. The minimum Gasteiger partial charge on any atom is -0.319 e. The smallest absolute Gasteiger partial charge is 0.319 e. The summed E-state index contributed by atoms with van der Waals surface area (Å²) in [5.41, 5.74) is 1.40. The fraction of sp³-hybridized carbons (Fsp3) is 0.167. The zero-order valence-electron chi connectivity index (χ0n) is 13.7. The molecule has 3 amide bonds. The molecule has 5 nitrogen and oxygen atoms in total. The summed E-state index contributed by atoms with van der Waals surface area (Å²) >= 11 is 6.59. The third-order valence-corrected chi connectivity index (χ3v) is 6.64. The minimum absolute atomic E-state index is 0.158. The summed E-state index contributed by atoms with van der Waals surface area (Å²) in [7, 11) is 0. The van der Waals surface area contributed by atoms with Gasteiger partial charge >= 0.3 is 6.03 Å². The second kappa shape index (κ2) is 6.61. The fourth-order valence-electron chi connectivity index (χ4n) is 2.95. The number of nitrogens with zero attached hydrogens (tertiary/aromatic N) is 2. The van der Waals surface area contributed by atoms with E-state index in [0.29, 0.717) is 5.69 Å². The normalized spacial score (nSPS) is 19.8. The summed E-state index contributed by atoms with van der Waals surface area (Å²) in [6.07, 6.45) is 0. The maximum Gasteiger partial charge on any atom is 0.325 e. The van der Waals surface area contributed by atoms with Gasteiger partial charge in [-0.05, 0) is 24.4 Å². The number of carbonyl (C=O) groups excluding carboxylic acids is 2. The molecular formula is C18H14BrN3O2S2. The van der Waals surface area contributed by atoms with Crippen molar-refractivity contribution >= 4 is 50.5 Å². The van der Waals surface area contributed by atoms with Crippen LogP contribution in [0.5, 0.6) is 0 Å². The van der Waals surface area contributed by atoms with Gasteiger partial charge in [-0.15, -0.1) is 11.3 Å². The highest BCUT2D eigenvalue weighted by Gasteiger charge is 2.49. The van der Waals surface area contributed by atoms with E-state index >= 15 is 0 Å². The van der Waals surface area contributed by atoms with Crippen LogP contribution in [0.25, 0.3) is 10.6 Å². The molecule has 132 valence electrons. The van der Waals surface area contributed by atoms with Gasteiger partial charge in [0.15, 0.2) is 0 Å². The van der Waals surface area contributed by atoms with E-state index in [9.17, 15) is 9.59 Å². The maximum atomic E-state index is 13.0. The van der Waals surface area contributed by atoms with Gasteiger partial charge < -0.3 is 5.32 Å². The number of hydrogen-bond donors (Lipinski definition) is 1. The average Bonchev–Trinajstić information content (AvgIpc) is 3.33. The summed E-state index contributed by atoms with van der Waals surface area (Å²) in [4.78, 5) is 31.3. The molecule has 0 saturated carbocycles. The first kappa shape index (κ1) is 17.4. The van der Waals surface area contributed by atoms with E-state index in [1.807, 2.05) is 46.5 Å². The van der Waals surface area contributed by atoms with Gasteiger partial charge in [-0.2, -0.15) is 11.3 Å². The Labute approximate surface area is 166 Å². The number of nitrogens with one attached hydrogen (secondary N) is 1. The summed E-state index contributed by atoms with van der Waals surface area (Å²) in [6, 6.07) is 9.02. The van der Waals surface area contributed by atoms with Crippen LogP contribution >= 0.6 is 38.6 Å². The second-order valence-electron chi connectivity index (χ2n) is 6.08. The number of imide groups is 1. The molecule has 0 radical (unpaired) electrons. The third-order valence-electron chi connectivity index (χ3n) is 4.33. The number of aromatic nitrogens is 1. The Morgan fingerprint density at radius 1 is 1.23 bits per heavy atom. The van der Waals surface area contributed by atoms with Crippen LogP contribution in [-0.2, 0) is 16.9 Å². The molecule has 1 fully saturated rings. The monoisotopic (exact) mass is 447 g/mol. The number of halogens is 1. The third kappa shape index (κ3) is 2.87. The van der Waals surface area contributed by atoms with Crippen molar-refractivity contribution < 1.29 is 9.59 Å². The van der Waals surface area contributed by atoms with E-state index in [0.717, 1.165) is 20.6 Å². The van der Waals surface area contributed by atoms with Crippen molar-refractivity contribution in [3.05, 3.63) is 62.2 Å². The molecule has 1 aromatic carbocycles. The average molecular weight is 448 g/mol. The van der Waals surface area contributed by atoms with Crippen LogP contribution in [0.3, 0.4) is 0 Å². The number of thiophene rings is 1. The van der Waals surface area contributed by atoms with E-state index in [-0.39, 0.29) is 12.5 Å². The Bertz CT molecular complexity index is 986. The molecule has 1 unspecified atom stereocenters. The second-order valence-corrected chi connectivity index (χ2v) is 8.57. The molecule has 0 bridgehead atoms. The first-order valence-electron chi connectivity index (χ1n) is 7.85. The molecule has 8 heteroatoms. The molecule has 1 N–H and O–H groups in total. The molecule has 1 saturated heterocycles. The van der Waals surface area contributed by atoms with Crippen LogP contribution in [0.15, 0.2) is 50.9 Å². The summed E-state index contributed by atoms with van der Waals surface area (Å²) in [6.45, 7) is 1.89. The van der Waals surface area contributed by atoms with Crippen LogP contribution in [0, 0.1) is 0 Å². The lowest BCUT2D eigenvalue weighted by Gasteiger charge is -2.23. The van der Waals surface area contributed by atoms with Crippen molar-refractivity contribution in [2.75, 3.05) is 0 Å². The van der Waals surface area contributed by atoms with Gasteiger partial charge in [-0.3, -0.25) is 9.69 Å². The van der Waals surface area contributed by atoms with E-state index in [1.165, 1.54) is 16.2 Å². The number of carbonyl (C=O) groups is 2. The predicted octanol–water partition coefficient (Wildman–Crippen LogP) is 4.60. The lowest BCUT2D eigenvalue weighted by Crippen LogP contribution is -2.41. The molecule has 2 aromatic heterocycles. The van der Waals surface area contributed by atoms with Crippen molar-refractivity contribution in [3.8, 4) is 10.6 Å². The minimum atomic E-state index is -1.09. The fourth-order valence-corrected chi connectivity index (χ4v) is 5.15. The Kier molecular flexibility index (Phi) is 4.42. The zero-order valence-corrected chi connectivity index (χ0v) is 17.0. The molecule has 0 aliphatic carbocycles. The molecule has 1 aliphatic rings. The van der Waals surface area contributed by atoms with Gasteiger partial charge in [0.2, 0.25) is 0 Å². The highest BCUT2D eigenvalue weighted by Crippen LogP contribution is 2.34. The number of amides is 3. The van der Waals surface area contributed by atoms with Crippen molar-refractivity contribution in [2.45, 2.75) is 19.0 Å². The SMILES string of the molecule is CC1(c2ccccc2Br)NC(=O)N(Cc2csc(-c3ccsc3)n2)C1=O. The first-order chi connectivity index (χ1) is 12.5. The van der Waals surface area contributed by atoms with Gasteiger partial charge in [-0.25, -0.2) is 9.78 Å². The largest absolute Gasteiger partial charge is 0.325 e. The van der Waals surface area contributed by atoms with Crippen molar-refractivity contribution in [2.24, 2.45) is 0 Å². The number of benzene rings is 1. The number of hydrogen-bond acceptors (Lipinski definition) is 5. The van der Waals surface area contributed by atoms with Crippen molar-refractivity contribution in [1.82, 2.24) is 15.2 Å². The van der Waals surface area contributed by atoms with E-state index in [2.05, 4.69) is 26.2 Å². The van der Waals surface area contributed by atoms with Crippen LogP contribution in [0.2, 0.25) is 0 Å². The standard InChI is InChI=1S/C18H14BrN3O2S2/c1-18(13-4-2-3-5-14(13)19)16(23)22(17(24)21-18)8-12-10-26-15(20-12)11-6-7-25-9-11/h2-7,9-10H,8H2,1H3,(H,21,24). The summed E-state index contributed by atoms with van der Waals surface area (Å²) < 4.78 is 0.784. The Hall–Kier alpha value is -2.03.